The Morgan fingerprint density at radius 2 is 2.17 bits per heavy atom. The fraction of sp³-hybridized carbons (Fsp3) is 0.412. The highest BCUT2D eigenvalue weighted by atomic mass is 19.1. The quantitative estimate of drug-likeness (QED) is 0.923. The Morgan fingerprint density at radius 3 is 2.91 bits per heavy atom. The highest BCUT2D eigenvalue weighted by Gasteiger charge is 2.28. The molecule has 2 aromatic rings. The zero-order valence-corrected chi connectivity index (χ0v) is 13.1. The zero-order chi connectivity index (χ0) is 16.6. The van der Waals surface area contributed by atoms with E-state index in [4.69, 9.17) is 4.74 Å². The van der Waals surface area contributed by atoms with E-state index in [1.807, 2.05) is 13.8 Å². The van der Waals surface area contributed by atoms with Gasteiger partial charge in [-0.25, -0.2) is 4.39 Å². The normalized spacial score (nSPS) is 18.6. The van der Waals surface area contributed by atoms with Crippen LogP contribution >= 0.6 is 0 Å². The molecule has 1 aliphatic rings. The van der Waals surface area contributed by atoms with Crippen molar-refractivity contribution in [3.05, 3.63) is 46.0 Å². The molecule has 2 heterocycles. The van der Waals surface area contributed by atoms with Gasteiger partial charge in [0.1, 0.15) is 5.82 Å². The lowest BCUT2D eigenvalue weighted by Crippen LogP contribution is -2.47. The second-order valence-corrected chi connectivity index (χ2v) is 6.14. The van der Waals surface area contributed by atoms with Gasteiger partial charge in [-0.2, -0.15) is 0 Å². The van der Waals surface area contributed by atoms with Crippen LogP contribution in [0.5, 0.6) is 0 Å². The first-order valence-corrected chi connectivity index (χ1v) is 7.69. The van der Waals surface area contributed by atoms with Crippen molar-refractivity contribution < 1.29 is 13.9 Å². The topological polar surface area (TPSA) is 62.4 Å². The van der Waals surface area contributed by atoms with E-state index in [2.05, 4.69) is 4.98 Å². The van der Waals surface area contributed by atoms with Gasteiger partial charge in [0.05, 0.1) is 23.8 Å². The minimum atomic E-state index is -0.455. The number of nitrogens with one attached hydrogen (secondary N) is 1. The first-order valence-electron chi connectivity index (χ1n) is 7.69. The van der Waals surface area contributed by atoms with E-state index < -0.39 is 11.4 Å². The fourth-order valence-corrected chi connectivity index (χ4v) is 2.84. The molecule has 1 aromatic heterocycles. The molecule has 1 saturated heterocycles. The molecule has 0 spiro atoms. The lowest BCUT2D eigenvalue weighted by Gasteiger charge is -2.35. The smallest absolute Gasteiger partial charge is 0.254 e. The van der Waals surface area contributed by atoms with Crippen LogP contribution < -0.4 is 5.56 Å². The highest BCUT2D eigenvalue weighted by molar-refractivity contribution is 6.06. The maximum absolute atomic E-state index is 13.4. The molecule has 1 unspecified atom stereocenters. The summed E-state index contributed by atoms with van der Waals surface area (Å²) in [5, 5.41) is 0.545. The van der Waals surface area contributed by atoms with Crippen LogP contribution in [0.15, 0.2) is 29.1 Å². The van der Waals surface area contributed by atoms with Crippen LogP contribution in [0.3, 0.4) is 0 Å². The Morgan fingerprint density at radius 1 is 1.39 bits per heavy atom. The maximum atomic E-state index is 13.4. The van der Waals surface area contributed by atoms with Crippen molar-refractivity contribution in [3.8, 4) is 0 Å². The Hall–Kier alpha value is -2.21. The molecule has 6 heteroatoms. The maximum Gasteiger partial charge on any atom is 0.254 e. The molecule has 122 valence electrons. The third-order valence-corrected chi connectivity index (χ3v) is 4.16. The number of nitrogens with zero attached hydrogens (tertiary/aromatic N) is 1. The van der Waals surface area contributed by atoms with Crippen molar-refractivity contribution in [1.29, 1.82) is 0 Å². The Balaban J connectivity index is 1.99. The number of H-pyrrole nitrogens is 1. The van der Waals surface area contributed by atoms with Crippen LogP contribution in [0.1, 0.15) is 24.2 Å². The molecule has 1 amide bonds. The number of benzene rings is 1. The van der Waals surface area contributed by atoms with Crippen LogP contribution in [0.4, 0.5) is 4.39 Å². The lowest BCUT2D eigenvalue weighted by atomic mass is 10.0. The number of pyridine rings is 1. The number of carbonyl (C=O) groups is 1. The minimum absolute atomic E-state index is 0.0154. The predicted molar refractivity (Wildman–Crippen MR) is 85.0 cm³/mol. The summed E-state index contributed by atoms with van der Waals surface area (Å²) >= 11 is 0. The monoisotopic (exact) mass is 318 g/mol. The van der Waals surface area contributed by atoms with E-state index >= 15 is 0 Å². The number of ether oxygens (including phenoxy) is 1. The molecule has 0 bridgehead atoms. The Kier molecular flexibility index (Phi) is 4.17. The van der Waals surface area contributed by atoms with Crippen LogP contribution in [0.2, 0.25) is 0 Å². The highest BCUT2D eigenvalue weighted by Crippen LogP contribution is 2.20. The van der Waals surface area contributed by atoms with Gasteiger partial charge in [0, 0.05) is 24.5 Å². The number of aromatic amines is 1. The van der Waals surface area contributed by atoms with E-state index in [0.29, 0.717) is 42.1 Å². The van der Waals surface area contributed by atoms with Gasteiger partial charge in [-0.05, 0) is 24.1 Å². The van der Waals surface area contributed by atoms with Crippen molar-refractivity contribution in [1.82, 2.24) is 9.88 Å². The van der Waals surface area contributed by atoms with Gasteiger partial charge in [-0.1, -0.05) is 13.8 Å². The number of fused-ring (bicyclic) bond motifs is 1. The van der Waals surface area contributed by atoms with Gasteiger partial charge in [0.2, 0.25) is 5.56 Å². The average molecular weight is 318 g/mol. The van der Waals surface area contributed by atoms with Crippen LogP contribution in [0, 0.1) is 11.7 Å². The van der Waals surface area contributed by atoms with Gasteiger partial charge in [-0.15, -0.1) is 0 Å². The van der Waals surface area contributed by atoms with Gasteiger partial charge in [0.15, 0.2) is 0 Å². The molecule has 0 radical (unpaired) electrons. The van der Waals surface area contributed by atoms with Gasteiger partial charge >= 0.3 is 0 Å². The molecule has 5 nitrogen and oxygen atoms in total. The second-order valence-electron chi connectivity index (χ2n) is 6.14. The lowest BCUT2D eigenvalue weighted by molar-refractivity contribution is -0.0420. The minimum Gasteiger partial charge on any atom is -0.374 e. The summed E-state index contributed by atoms with van der Waals surface area (Å²) in [5.74, 6) is -0.374. The number of hydrogen-bond acceptors (Lipinski definition) is 3. The average Bonchev–Trinajstić information content (AvgIpc) is 2.53. The van der Waals surface area contributed by atoms with Crippen molar-refractivity contribution in [2.75, 3.05) is 19.7 Å². The van der Waals surface area contributed by atoms with Gasteiger partial charge in [-0.3, -0.25) is 9.59 Å². The summed E-state index contributed by atoms with van der Waals surface area (Å²) in [7, 11) is 0. The Bertz CT molecular complexity index is 800. The predicted octanol–water partition coefficient (Wildman–Crippen LogP) is 2.16. The third-order valence-electron chi connectivity index (χ3n) is 4.16. The van der Waals surface area contributed by atoms with Crippen molar-refractivity contribution >= 4 is 16.8 Å². The summed E-state index contributed by atoms with van der Waals surface area (Å²) < 4.78 is 19.0. The summed E-state index contributed by atoms with van der Waals surface area (Å²) in [6.07, 6.45) is -0.0154. The van der Waals surface area contributed by atoms with E-state index in [9.17, 15) is 14.0 Å². The van der Waals surface area contributed by atoms with Crippen molar-refractivity contribution in [2.45, 2.75) is 20.0 Å². The molecule has 0 saturated carbocycles. The molecule has 0 aliphatic carbocycles. The van der Waals surface area contributed by atoms with E-state index in [1.165, 1.54) is 24.3 Å². The standard InChI is InChI=1S/C17H19FN2O3/c1-10(2)15-9-20(5-6-23-15)17(22)13-8-16(21)19-14-7-11(18)3-4-12(13)14/h3-4,7-8,10,15H,5-6,9H2,1-2H3,(H,19,21). The first-order chi connectivity index (χ1) is 11.0. The summed E-state index contributed by atoms with van der Waals surface area (Å²) in [6, 6.07) is 5.31. The molecular weight excluding hydrogens is 299 g/mol. The van der Waals surface area contributed by atoms with Gasteiger partial charge in [0.25, 0.3) is 5.91 Å². The van der Waals surface area contributed by atoms with E-state index in [-0.39, 0.29) is 12.0 Å². The molecule has 1 aliphatic heterocycles. The first kappa shape index (κ1) is 15.7. The molecule has 1 atom stereocenters. The van der Waals surface area contributed by atoms with Crippen LogP contribution in [-0.4, -0.2) is 41.6 Å². The third kappa shape index (κ3) is 3.12. The number of rotatable bonds is 2. The number of aromatic nitrogens is 1. The summed E-state index contributed by atoms with van der Waals surface area (Å²) in [4.78, 5) is 28.9. The molecule has 1 N–H and O–H groups in total. The summed E-state index contributed by atoms with van der Waals surface area (Å²) in [6.45, 7) is 5.54. The molecule has 1 aromatic carbocycles. The number of carbonyl (C=O) groups excluding carboxylic acids is 1. The fourth-order valence-electron chi connectivity index (χ4n) is 2.84. The zero-order valence-electron chi connectivity index (χ0n) is 13.1. The Labute approximate surface area is 133 Å². The molecule has 1 fully saturated rings. The molecule has 23 heavy (non-hydrogen) atoms. The summed E-state index contributed by atoms with van der Waals surface area (Å²) in [5.41, 5.74) is 0.211. The van der Waals surface area contributed by atoms with Crippen molar-refractivity contribution in [3.63, 3.8) is 0 Å². The van der Waals surface area contributed by atoms with E-state index in [1.54, 1.807) is 4.90 Å². The second kappa shape index (κ2) is 6.12. The number of hydrogen-bond donors (Lipinski definition) is 1. The number of halogens is 1. The van der Waals surface area contributed by atoms with Crippen LogP contribution in [-0.2, 0) is 4.74 Å². The van der Waals surface area contributed by atoms with E-state index in [0.717, 1.165) is 0 Å². The molecular formula is C17H19FN2O3. The van der Waals surface area contributed by atoms with Gasteiger partial charge < -0.3 is 14.6 Å². The molecule has 3 rings (SSSR count). The number of amides is 1. The van der Waals surface area contributed by atoms with Crippen molar-refractivity contribution in [2.24, 2.45) is 5.92 Å². The largest absolute Gasteiger partial charge is 0.374 e. The SMILES string of the molecule is CC(C)C1CN(C(=O)c2cc(=O)[nH]c3cc(F)ccc23)CCO1. The number of morpholine rings is 1. The van der Waals surface area contributed by atoms with Crippen LogP contribution in [0.25, 0.3) is 10.9 Å².